The first-order valence-corrected chi connectivity index (χ1v) is 32.2. The molecular formula is C65H124O6. The molecule has 0 aromatic heterocycles. The van der Waals surface area contributed by atoms with Crippen LogP contribution in [0.1, 0.15) is 367 Å². The maximum Gasteiger partial charge on any atom is 0.306 e. The molecular weight excluding hydrogens is 877 g/mol. The van der Waals surface area contributed by atoms with E-state index in [4.69, 9.17) is 14.2 Å². The van der Waals surface area contributed by atoms with Crippen LogP contribution in [-0.2, 0) is 28.6 Å². The molecule has 0 aliphatic rings. The van der Waals surface area contributed by atoms with E-state index in [0.717, 1.165) is 57.8 Å². The molecule has 0 radical (unpaired) electrons. The van der Waals surface area contributed by atoms with Gasteiger partial charge in [-0.05, 0) is 44.9 Å². The lowest BCUT2D eigenvalue weighted by Gasteiger charge is -2.18. The number of carbonyl (C=O) groups excluding carboxylic acids is 3. The lowest BCUT2D eigenvalue weighted by molar-refractivity contribution is -0.167. The maximum atomic E-state index is 12.9. The van der Waals surface area contributed by atoms with E-state index < -0.39 is 6.10 Å². The molecule has 0 spiro atoms. The predicted octanol–water partition coefficient (Wildman–Crippen LogP) is 21.7. The minimum atomic E-state index is -0.766. The van der Waals surface area contributed by atoms with Crippen LogP contribution in [0.25, 0.3) is 0 Å². The van der Waals surface area contributed by atoms with Gasteiger partial charge in [-0.25, -0.2) is 0 Å². The largest absolute Gasteiger partial charge is 0.462 e. The van der Waals surface area contributed by atoms with Gasteiger partial charge >= 0.3 is 17.9 Å². The number of esters is 3. The van der Waals surface area contributed by atoms with Gasteiger partial charge in [-0.2, -0.15) is 0 Å². The second kappa shape index (κ2) is 60.7. The van der Waals surface area contributed by atoms with Crippen molar-refractivity contribution in [1.29, 1.82) is 0 Å². The molecule has 0 aromatic rings. The molecule has 71 heavy (non-hydrogen) atoms. The van der Waals surface area contributed by atoms with Crippen molar-refractivity contribution in [1.82, 2.24) is 0 Å². The smallest absolute Gasteiger partial charge is 0.306 e. The van der Waals surface area contributed by atoms with E-state index in [9.17, 15) is 14.4 Å². The number of unbranched alkanes of at least 4 members (excludes halogenated alkanes) is 47. The molecule has 0 N–H and O–H groups in total. The zero-order valence-corrected chi connectivity index (χ0v) is 48.3. The summed E-state index contributed by atoms with van der Waals surface area (Å²) in [5.74, 6) is -0.836. The molecule has 0 aliphatic carbocycles. The summed E-state index contributed by atoms with van der Waals surface area (Å²) in [6.07, 6.45) is 70.7. The number of ether oxygens (including phenoxy) is 3. The van der Waals surface area contributed by atoms with Crippen LogP contribution in [0.5, 0.6) is 0 Å². The third kappa shape index (κ3) is 58.9. The molecule has 1 atom stereocenters. The molecule has 0 saturated carbocycles. The standard InChI is InChI=1S/C65H124O6/c1-4-7-10-13-16-19-22-25-27-29-31-32-34-35-37-40-43-46-49-52-55-58-64(67)70-61-62(60-69-63(66)57-54-51-48-45-42-39-24-21-18-15-12-9-6-3)71-65(68)59-56-53-50-47-44-41-38-36-33-30-28-26-23-20-17-14-11-8-5-2/h26,28,62H,4-25,27,29-61H2,1-3H3/b28-26-/t62-/m0/s1. The molecule has 6 nitrogen and oxygen atoms in total. The Morgan fingerprint density at radius 3 is 0.704 bits per heavy atom. The van der Waals surface area contributed by atoms with E-state index in [1.165, 1.54) is 270 Å². The number of hydrogen-bond donors (Lipinski definition) is 0. The fourth-order valence-corrected chi connectivity index (χ4v) is 9.91. The third-order valence-electron chi connectivity index (χ3n) is 14.8. The van der Waals surface area contributed by atoms with Crippen LogP contribution in [0.2, 0.25) is 0 Å². The number of rotatable bonds is 60. The van der Waals surface area contributed by atoms with Crippen molar-refractivity contribution in [2.45, 2.75) is 374 Å². The van der Waals surface area contributed by atoms with Gasteiger partial charge in [-0.3, -0.25) is 14.4 Å². The van der Waals surface area contributed by atoms with Crippen LogP contribution in [0.4, 0.5) is 0 Å². The molecule has 0 amide bonds. The Morgan fingerprint density at radius 2 is 0.465 bits per heavy atom. The van der Waals surface area contributed by atoms with Crippen molar-refractivity contribution in [3.63, 3.8) is 0 Å². The van der Waals surface area contributed by atoms with Crippen LogP contribution in [0.15, 0.2) is 12.2 Å². The second-order valence-electron chi connectivity index (χ2n) is 22.0. The Labute approximate surface area is 443 Å². The summed E-state index contributed by atoms with van der Waals surface area (Å²) >= 11 is 0. The molecule has 6 heteroatoms. The van der Waals surface area contributed by atoms with E-state index >= 15 is 0 Å². The van der Waals surface area contributed by atoms with Crippen molar-refractivity contribution >= 4 is 17.9 Å². The van der Waals surface area contributed by atoms with Crippen LogP contribution in [0, 0.1) is 0 Å². The summed E-state index contributed by atoms with van der Waals surface area (Å²) in [4.78, 5) is 38.3. The topological polar surface area (TPSA) is 78.9 Å². The Morgan fingerprint density at radius 1 is 0.268 bits per heavy atom. The van der Waals surface area contributed by atoms with Crippen LogP contribution < -0.4 is 0 Å². The normalized spacial score (nSPS) is 12.0. The average molecular weight is 1000 g/mol. The SMILES string of the molecule is CCCCCCCC/C=C\CCCCCCCCCCCC(=O)O[C@@H](COC(=O)CCCCCCCCCCCCCCC)COC(=O)CCCCCCCCCCCCCCCCCCCCCCC. The summed E-state index contributed by atoms with van der Waals surface area (Å²) in [6, 6.07) is 0. The zero-order valence-electron chi connectivity index (χ0n) is 48.3. The van der Waals surface area contributed by atoms with Gasteiger partial charge < -0.3 is 14.2 Å². The summed E-state index contributed by atoms with van der Waals surface area (Å²) < 4.78 is 16.9. The first-order valence-electron chi connectivity index (χ1n) is 32.2. The van der Waals surface area contributed by atoms with Crippen molar-refractivity contribution in [3.8, 4) is 0 Å². The fourth-order valence-electron chi connectivity index (χ4n) is 9.91. The molecule has 0 aliphatic heterocycles. The van der Waals surface area contributed by atoms with Gasteiger partial charge in [0.1, 0.15) is 13.2 Å². The van der Waals surface area contributed by atoms with Crippen LogP contribution >= 0.6 is 0 Å². The highest BCUT2D eigenvalue weighted by Crippen LogP contribution is 2.18. The average Bonchev–Trinajstić information content (AvgIpc) is 3.37. The second-order valence-corrected chi connectivity index (χ2v) is 22.0. The summed E-state index contributed by atoms with van der Waals surface area (Å²) in [7, 11) is 0. The van der Waals surface area contributed by atoms with E-state index in [-0.39, 0.29) is 31.1 Å². The monoisotopic (exact) mass is 1000 g/mol. The van der Waals surface area contributed by atoms with Gasteiger partial charge in [0.05, 0.1) is 0 Å². The predicted molar refractivity (Wildman–Crippen MR) is 307 cm³/mol. The Bertz CT molecular complexity index is 1100. The highest BCUT2D eigenvalue weighted by Gasteiger charge is 2.19. The number of carbonyl (C=O) groups is 3. The minimum Gasteiger partial charge on any atom is -0.462 e. The lowest BCUT2D eigenvalue weighted by Crippen LogP contribution is -2.30. The Balaban J connectivity index is 4.26. The highest BCUT2D eigenvalue weighted by molar-refractivity contribution is 5.71. The van der Waals surface area contributed by atoms with Crippen LogP contribution in [0.3, 0.4) is 0 Å². The van der Waals surface area contributed by atoms with Crippen molar-refractivity contribution < 1.29 is 28.6 Å². The van der Waals surface area contributed by atoms with Crippen molar-refractivity contribution in [3.05, 3.63) is 12.2 Å². The van der Waals surface area contributed by atoms with E-state index in [2.05, 4.69) is 32.9 Å². The third-order valence-corrected chi connectivity index (χ3v) is 14.8. The van der Waals surface area contributed by atoms with Gasteiger partial charge in [-0.15, -0.1) is 0 Å². The molecule has 0 bridgehead atoms. The molecule has 0 fully saturated rings. The molecule has 0 heterocycles. The van der Waals surface area contributed by atoms with Crippen molar-refractivity contribution in [2.75, 3.05) is 13.2 Å². The summed E-state index contributed by atoms with van der Waals surface area (Å²) in [5, 5.41) is 0. The Kier molecular flexibility index (Phi) is 59.1. The minimum absolute atomic E-state index is 0.0642. The number of hydrogen-bond acceptors (Lipinski definition) is 6. The van der Waals surface area contributed by atoms with E-state index in [0.29, 0.717) is 19.3 Å². The molecule has 0 unspecified atom stereocenters. The molecule has 0 rings (SSSR count). The quantitative estimate of drug-likeness (QED) is 0.0261. The van der Waals surface area contributed by atoms with Crippen LogP contribution in [-0.4, -0.2) is 37.2 Å². The number of allylic oxidation sites excluding steroid dienone is 2. The first kappa shape index (κ1) is 69.2. The maximum absolute atomic E-state index is 12.9. The van der Waals surface area contributed by atoms with E-state index in [1.807, 2.05) is 0 Å². The molecule has 420 valence electrons. The van der Waals surface area contributed by atoms with Gasteiger partial charge in [0.25, 0.3) is 0 Å². The zero-order chi connectivity index (χ0) is 51.4. The highest BCUT2D eigenvalue weighted by atomic mass is 16.6. The molecule has 0 saturated heterocycles. The summed E-state index contributed by atoms with van der Waals surface area (Å²) in [6.45, 7) is 6.71. The van der Waals surface area contributed by atoms with E-state index in [1.54, 1.807) is 0 Å². The Hall–Kier alpha value is -1.85. The lowest BCUT2D eigenvalue weighted by atomic mass is 10.0. The van der Waals surface area contributed by atoms with Crippen molar-refractivity contribution in [2.24, 2.45) is 0 Å². The van der Waals surface area contributed by atoms with Gasteiger partial charge in [-0.1, -0.05) is 315 Å². The van der Waals surface area contributed by atoms with Gasteiger partial charge in [0, 0.05) is 19.3 Å². The first-order chi connectivity index (χ1) is 35.0. The fraction of sp³-hybridized carbons (Fsp3) is 0.923. The summed E-state index contributed by atoms with van der Waals surface area (Å²) in [5.41, 5.74) is 0. The molecule has 0 aromatic carbocycles. The van der Waals surface area contributed by atoms with Gasteiger partial charge in [0.15, 0.2) is 6.10 Å². The van der Waals surface area contributed by atoms with Gasteiger partial charge in [0.2, 0.25) is 0 Å².